The predicted molar refractivity (Wildman–Crippen MR) is 212 cm³/mol. The van der Waals surface area contributed by atoms with Crippen LogP contribution in [0, 0.1) is 35.5 Å². The largest absolute Gasteiger partial charge is 0.362 e. The van der Waals surface area contributed by atoms with Gasteiger partial charge in [-0.1, -0.05) is 98.9 Å². The molecule has 0 spiro atoms. The second kappa shape index (κ2) is 10.7. The number of fused-ring (bicyclic) bond motifs is 7. The molecule has 1 aliphatic heterocycles. The summed E-state index contributed by atoms with van der Waals surface area (Å²) in [6.07, 6.45) is 18.6. The van der Waals surface area contributed by atoms with E-state index in [-0.39, 0.29) is 7.92 Å². The van der Waals surface area contributed by atoms with Gasteiger partial charge in [-0.15, -0.1) is 0 Å². The summed E-state index contributed by atoms with van der Waals surface area (Å²) in [5.74, 6) is 6.03. The summed E-state index contributed by atoms with van der Waals surface area (Å²) < 4.78 is 0. The Hall–Kier alpha value is -3.15. The summed E-state index contributed by atoms with van der Waals surface area (Å²) in [5.41, 5.74) is 7.51. The summed E-state index contributed by atoms with van der Waals surface area (Å²) in [7, 11) is -0.291. The van der Waals surface area contributed by atoms with E-state index in [0.29, 0.717) is 10.3 Å². The van der Waals surface area contributed by atoms with Crippen LogP contribution in [0.25, 0.3) is 32.7 Å². The Bertz CT molecular complexity index is 1970. The molecule has 8 saturated carbocycles. The maximum Gasteiger partial charge on any atom is 0.0450 e. The van der Waals surface area contributed by atoms with Crippen molar-refractivity contribution in [2.75, 3.05) is 4.90 Å². The van der Waals surface area contributed by atoms with Gasteiger partial charge in [0.15, 0.2) is 0 Å². The number of rotatable bonds is 4. The van der Waals surface area contributed by atoms with Crippen molar-refractivity contribution in [3.63, 3.8) is 0 Å². The van der Waals surface area contributed by atoms with Crippen molar-refractivity contribution >= 4 is 40.5 Å². The van der Waals surface area contributed by atoms with Crippen LogP contribution >= 0.6 is 7.92 Å². The third kappa shape index (κ3) is 4.29. The Morgan fingerprint density at radius 2 is 0.840 bits per heavy atom. The topological polar surface area (TPSA) is 3.24 Å². The van der Waals surface area contributed by atoms with Gasteiger partial charge in [-0.25, -0.2) is 0 Å². The standard InChI is InChI=1S/C48H50NP/c1-3-9-41-37(7-1)13-15-39-29-49(30-40-16-14-38-8-2-4-10-42(38)46(40)45(39)41)43-11-5-6-12-44(43)50(47-23-31-17-32(24-47)19-33(18-31)25-47)48-26-34-20-35(27-48)22-36(21-34)28-48/h1-16,31-36H,17-30H2. The van der Waals surface area contributed by atoms with Gasteiger partial charge in [0.25, 0.3) is 0 Å². The van der Waals surface area contributed by atoms with Crippen molar-refractivity contribution < 1.29 is 0 Å². The third-order valence-corrected chi connectivity index (χ3v) is 19.3. The molecule has 0 saturated heterocycles. The number of benzene rings is 5. The van der Waals surface area contributed by atoms with Gasteiger partial charge < -0.3 is 4.90 Å². The molecule has 1 nitrogen and oxygen atoms in total. The van der Waals surface area contributed by atoms with E-state index in [4.69, 9.17) is 0 Å². The maximum atomic E-state index is 2.86. The van der Waals surface area contributed by atoms with Crippen LogP contribution in [0.2, 0.25) is 0 Å². The van der Waals surface area contributed by atoms with Gasteiger partial charge in [0.2, 0.25) is 0 Å². The van der Waals surface area contributed by atoms with Gasteiger partial charge in [0.1, 0.15) is 0 Å². The van der Waals surface area contributed by atoms with E-state index in [1.165, 1.54) is 43.8 Å². The lowest BCUT2D eigenvalue weighted by Gasteiger charge is -2.67. The highest BCUT2D eigenvalue weighted by molar-refractivity contribution is 7.69. The molecule has 0 unspecified atom stereocenters. The van der Waals surface area contributed by atoms with Crippen LogP contribution in [0.5, 0.6) is 0 Å². The molecule has 0 aromatic heterocycles. The fourth-order valence-electron chi connectivity index (χ4n) is 14.7. The summed E-state index contributed by atoms with van der Waals surface area (Å²) in [6, 6.07) is 38.1. The summed E-state index contributed by atoms with van der Waals surface area (Å²) in [4.78, 5) is 2.86. The van der Waals surface area contributed by atoms with Gasteiger partial charge in [0, 0.05) is 24.1 Å². The first-order valence-electron chi connectivity index (χ1n) is 20.3. The average molecular weight is 672 g/mol. The number of hydrogen-bond acceptors (Lipinski definition) is 1. The second-order valence-electron chi connectivity index (χ2n) is 18.6. The highest BCUT2D eigenvalue weighted by atomic mass is 31.1. The lowest BCUT2D eigenvalue weighted by Crippen LogP contribution is -2.58. The fourth-order valence-corrected chi connectivity index (χ4v) is 20.1. The minimum absolute atomic E-state index is 0.291. The highest BCUT2D eigenvalue weighted by Gasteiger charge is 2.63. The van der Waals surface area contributed by atoms with E-state index in [1.807, 2.05) is 5.30 Å². The number of nitrogens with zero attached hydrogens (tertiary/aromatic N) is 1. The van der Waals surface area contributed by atoms with Crippen molar-refractivity contribution in [3.8, 4) is 11.1 Å². The molecule has 1 heterocycles. The smallest absolute Gasteiger partial charge is 0.0450 e. The Labute approximate surface area is 299 Å². The van der Waals surface area contributed by atoms with E-state index < -0.39 is 0 Å². The van der Waals surface area contributed by atoms with Crippen LogP contribution in [0.15, 0.2) is 97.1 Å². The lowest BCUT2D eigenvalue weighted by atomic mass is 9.55. The van der Waals surface area contributed by atoms with Crippen LogP contribution in [0.3, 0.4) is 0 Å². The van der Waals surface area contributed by atoms with E-state index >= 15 is 0 Å². The highest BCUT2D eigenvalue weighted by Crippen LogP contribution is 2.78. The zero-order chi connectivity index (χ0) is 32.6. The predicted octanol–water partition coefficient (Wildman–Crippen LogP) is 12.2. The van der Waals surface area contributed by atoms with E-state index in [1.54, 1.807) is 82.7 Å². The molecule has 0 atom stereocenters. The molecule has 5 aromatic carbocycles. The molecule has 14 rings (SSSR count). The van der Waals surface area contributed by atoms with Crippen molar-refractivity contribution in [2.45, 2.75) is 100 Å². The van der Waals surface area contributed by atoms with Crippen molar-refractivity contribution in [1.29, 1.82) is 0 Å². The summed E-state index contributed by atoms with van der Waals surface area (Å²) in [6.45, 7) is 1.95. The van der Waals surface area contributed by atoms with Crippen LogP contribution < -0.4 is 10.2 Å². The SMILES string of the molecule is c1ccc(P(C23CC4CC(CC(C4)C2)C3)C23CC4CC(CC(C4)C2)C3)c(N2Cc3ccc4ccccc4c3-c3c(ccc4ccccc34)C2)c1. The quantitative estimate of drug-likeness (QED) is 0.172. The normalized spacial score (nSPS) is 35.3. The van der Waals surface area contributed by atoms with E-state index in [9.17, 15) is 0 Å². The van der Waals surface area contributed by atoms with Crippen molar-refractivity contribution in [3.05, 3.63) is 108 Å². The molecule has 5 aromatic rings. The van der Waals surface area contributed by atoms with Crippen LogP contribution in [-0.2, 0) is 13.1 Å². The first-order valence-corrected chi connectivity index (χ1v) is 21.6. The first-order chi connectivity index (χ1) is 24.6. The summed E-state index contributed by atoms with van der Waals surface area (Å²) in [5, 5.41) is 8.47. The number of hydrogen-bond donors (Lipinski definition) is 0. The molecule has 9 aliphatic rings. The Kier molecular flexibility index (Phi) is 6.30. The molecule has 8 bridgehead atoms. The Balaban J connectivity index is 1.06. The minimum atomic E-state index is -0.291. The zero-order valence-electron chi connectivity index (χ0n) is 29.5. The summed E-state index contributed by atoms with van der Waals surface area (Å²) >= 11 is 0. The molecular weight excluding hydrogens is 622 g/mol. The Morgan fingerprint density at radius 3 is 1.30 bits per heavy atom. The minimum Gasteiger partial charge on any atom is -0.362 e. The first kappa shape index (κ1) is 29.4. The van der Waals surface area contributed by atoms with Gasteiger partial charge in [-0.2, -0.15) is 0 Å². The van der Waals surface area contributed by atoms with Crippen molar-refractivity contribution in [2.24, 2.45) is 35.5 Å². The molecule has 0 N–H and O–H groups in total. The maximum absolute atomic E-state index is 2.86. The molecule has 50 heavy (non-hydrogen) atoms. The average Bonchev–Trinajstić information content (AvgIpc) is 3.28. The van der Waals surface area contributed by atoms with Crippen LogP contribution in [0.1, 0.15) is 88.2 Å². The zero-order valence-corrected chi connectivity index (χ0v) is 30.4. The van der Waals surface area contributed by atoms with Gasteiger partial charge in [0.05, 0.1) is 0 Å². The molecule has 8 aliphatic carbocycles. The lowest BCUT2D eigenvalue weighted by molar-refractivity contribution is 0.0195. The molecule has 0 radical (unpaired) electrons. The molecule has 0 amide bonds. The van der Waals surface area contributed by atoms with Crippen LogP contribution in [-0.4, -0.2) is 10.3 Å². The van der Waals surface area contributed by atoms with Crippen LogP contribution in [0.4, 0.5) is 5.69 Å². The number of para-hydroxylation sites is 1. The van der Waals surface area contributed by atoms with E-state index in [0.717, 1.165) is 48.6 Å². The van der Waals surface area contributed by atoms with Gasteiger partial charge in [-0.3, -0.25) is 0 Å². The second-order valence-corrected chi connectivity index (χ2v) is 21.7. The molecule has 8 fully saturated rings. The van der Waals surface area contributed by atoms with E-state index in [2.05, 4.69) is 102 Å². The fraction of sp³-hybridized carbons (Fsp3) is 0.458. The third-order valence-electron chi connectivity index (χ3n) is 15.4. The van der Waals surface area contributed by atoms with Gasteiger partial charge in [-0.05, 0) is 173 Å². The monoisotopic (exact) mass is 671 g/mol. The molecular formula is C48H50NP. The number of anilines is 1. The van der Waals surface area contributed by atoms with Crippen molar-refractivity contribution in [1.82, 2.24) is 0 Å². The van der Waals surface area contributed by atoms with Gasteiger partial charge >= 0.3 is 0 Å². The molecule has 252 valence electrons. The Morgan fingerprint density at radius 1 is 0.440 bits per heavy atom. The molecule has 2 heteroatoms.